The van der Waals surface area contributed by atoms with Gasteiger partial charge in [0.25, 0.3) is 15.9 Å². The molecule has 0 unspecified atom stereocenters. The van der Waals surface area contributed by atoms with Crippen LogP contribution in [0.5, 0.6) is 0 Å². The van der Waals surface area contributed by atoms with Crippen LogP contribution in [-0.2, 0) is 16.6 Å². The van der Waals surface area contributed by atoms with E-state index < -0.39 is 21.7 Å². The van der Waals surface area contributed by atoms with Gasteiger partial charge in [0.05, 0.1) is 16.1 Å². The van der Waals surface area contributed by atoms with Gasteiger partial charge in [-0.15, -0.1) is 0 Å². The largest absolute Gasteiger partial charge is 0.348 e. The Morgan fingerprint density at radius 2 is 1.68 bits per heavy atom. The number of sulfonamides is 1. The number of anilines is 1. The van der Waals surface area contributed by atoms with Crippen LogP contribution in [0.2, 0.25) is 0 Å². The van der Waals surface area contributed by atoms with Crippen molar-refractivity contribution in [2.75, 3.05) is 4.72 Å². The number of benzene rings is 3. The molecule has 0 heterocycles. The third-order valence-electron chi connectivity index (χ3n) is 4.10. The average Bonchev–Trinajstić information content (AvgIpc) is 2.67. The van der Waals surface area contributed by atoms with Crippen LogP contribution in [0.3, 0.4) is 0 Å². The number of hydrogen-bond acceptors (Lipinski definition) is 3. The molecule has 0 aliphatic carbocycles. The van der Waals surface area contributed by atoms with E-state index in [4.69, 9.17) is 0 Å². The smallest absolute Gasteiger partial charge is 0.262 e. The summed E-state index contributed by atoms with van der Waals surface area (Å²) in [6.45, 7) is 2.29. The number of halogens is 1. The number of amides is 1. The topological polar surface area (TPSA) is 75.3 Å². The minimum atomic E-state index is -4.03. The maximum Gasteiger partial charge on any atom is 0.262 e. The molecule has 1 amide bonds. The zero-order chi connectivity index (χ0) is 20.1. The van der Waals surface area contributed by atoms with Crippen molar-refractivity contribution < 1.29 is 17.6 Å². The molecule has 28 heavy (non-hydrogen) atoms. The zero-order valence-corrected chi connectivity index (χ0v) is 16.0. The number of carbonyl (C=O) groups excluding carboxylic acids is 1. The van der Waals surface area contributed by atoms with E-state index in [1.807, 2.05) is 31.2 Å². The maximum absolute atomic E-state index is 13.4. The van der Waals surface area contributed by atoms with Gasteiger partial charge in [0.1, 0.15) is 5.82 Å². The first-order valence-corrected chi connectivity index (χ1v) is 10.0. The third-order valence-corrected chi connectivity index (χ3v) is 5.46. The Kier molecular flexibility index (Phi) is 5.75. The summed E-state index contributed by atoms with van der Waals surface area (Å²) in [5.41, 5.74) is 2.34. The minimum Gasteiger partial charge on any atom is -0.348 e. The molecule has 0 aliphatic rings. The molecule has 3 rings (SSSR count). The lowest BCUT2D eigenvalue weighted by molar-refractivity contribution is 0.0952. The van der Waals surface area contributed by atoms with Gasteiger partial charge in [-0.25, -0.2) is 12.8 Å². The van der Waals surface area contributed by atoms with Crippen LogP contribution in [0.1, 0.15) is 21.5 Å². The Hall–Kier alpha value is -3.19. The first-order chi connectivity index (χ1) is 13.3. The summed E-state index contributed by atoms with van der Waals surface area (Å²) >= 11 is 0. The highest BCUT2D eigenvalue weighted by Gasteiger charge is 2.19. The van der Waals surface area contributed by atoms with E-state index in [1.165, 1.54) is 24.3 Å². The fraction of sp³-hybridized carbons (Fsp3) is 0.0952. The van der Waals surface area contributed by atoms with Gasteiger partial charge in [-0.3, -0.25) is 9.52 Å². The monoisotopic (exact) mass is 398 g/mol. The van der Waals surface area contributed by atoms with Gasteiger partial charge in [0.15, 0.2) is 0 Å². The Morgan fingerprint density at radius 3 is 2.39 bits per heavy atom. The van der Waals surface area contributed by atoms with Crippen LogP contribution in [0, 0.1) is 12.7 Å². The zero-order valence-electron chi connectivity index (χ0n) is 15.1. The van der Waals surface area contributed by atoms with E-state index in [9.17, 15) is 17.6 Å². The average molecular weight is 398 g/mol. The highest BCUT2D eigenvalue weighted by atomic mass is 32.2. The summed E-state index contributed by atoms with van der Waals surface area (Å²) in [7, 11) is -4.03. The fourth-order valence-corrected chi connectivity index (χ4v) is 3.70. The summed E-state index contributed by atoms with van der Waals surface area (Å²) in [4.78, 5) is 12.4. The maximum atomic E-state index is 13.4. The highest BCUT2D eigenvalue weighted by molar-refractivity contribution is 7.92. The first kappa shape index (κ1) is 19.6. The summed E-state index contributed by atoms with van der Waals surface area (Å²) in [6.07, 6.45) is 0. The highest BCUT2D eigenvalue weighted by Crippen LogP contribution is 2.21. The second-order valence-corrected chi connectivity index (χ2v) is 7.96. The lowest BCUT2D eigenvalue weighted by atomic mass is 10.1. The lowest BCUT2D eigenvalue weighted by Gasteiger charge is -2.13. The van der Waals surface area contributed by atoms with Gasteiger partial charge in [-0.2, -0.15) is 0 Å². The van der Waals surface area contributed by atoms with E-state index >= 15 is 0 Å². The molecule has 0 bridgehead atoms. The molecular formula is C21H19FN2O3S. The molecule has 7 heteroatoms. The number of hydrogen-bond donors (Lipinski definition) is 2. The second kappa shape index (κ2) is 8.22. The van der Waals surface area contributed by atoms with E-state index in [0.717, 1.165) is 23.3 Å². The normalized spacial score (nSPS) is 11.1. The predicted molar refractivity (Wildman–Crippen MR) is 106 cm³/mol. The van der Waals surface area contributed by atoms with Crippen LogP contribution in [0.25, 0.3) is 0 Å². The van der Waals surface area contributed by atoms with Gasteiger partial charge in [0, 0.05) is 6.54 Å². The van der Waals surface area contributed by atoms with Crippen molar-refractivity contribution in [2.24, 2.45) is 0 Å². The van der Waals surface area contributed by atoms with Crippen molar-refractivity contribution in [1.29, 1.82) is 0 Å². The number of rotatable bonds is 6. The summed E-state index contributed by atoms with van der Waals surface area (Å²) in [5.74, 6) is -1.08. The standard InChI is InChI=1S/C21H19FN2O3S/c1-15-9-11-16(12-10-15)14-23-21(25)19-7-2-3-8-20(19)24-28(26,27)18-6-4-5-17(22)13-18/h2-13,24H,14H2,1H3,(H,23,25). The number of carbonyl (C=O) groups is 1. The van der Waals surface area contributed by atoms with Crippen molar-refractivity contribution in [1.82, 2.24) is 5.32 Å². The van der Waals surface area contributed by atoms with Crippen molar-refractivity contribution in [3.05, 3.63) is 95.3 Å². The molecule has 144 valence electrons. The van der Waals surface area contributed by atoms with Gasteiger partial charge in [-0.1, -0.05) is 48.0 Å². The quantitative estimate of drug-likeness (QED) is 0.662. The Labute approximate surface area is 163 Å². The Bertz CT molecular complexity index is 1100. The Balaban J connectivity index is 1.78. The molecule has 5 nitrogen and oxygen atoms in total. The SMILES string of the molecule is Cc1ccc(CNC(=O)c2ccccc2NS(=O)(=O)c2cccc(F)c2)cc1. The van der Waals surface area contributed by atoms with Crippen molar-refractivity contribution in [2.45, 2.75) is 18.4 Å². The number of nitrogens with one attached hydrogen (secondary N) is 2. The molecule has 3 aromatic rings. The van der Waals surface area contributed by atoms with Crippen LogP contribution in [0.4, 0.5) is 10.1 Å². The van der Waals surface area contributed by atoms with E-state index in [0.29, 0.717) is 6.54 Å². The molecule has 2 N–H and O–H groups in total. The van der Waals surface area contributed by atoms with Crippen LogP contribution < -0.4 is 10.0 Å². The van der Waals surface area contributed by atoms with Crippen LogP contribution in [0.15, 0.2) is 77.7 Å². The molecular weight excluding hydrogens is 379 g/mol. The minimum absolute atomic E-state index is 0.119. The number of aryl methyl sites for hydroxylation is 1. The predicted octanol–water partition coefficient (Wildman–Crippen LogP) is 3.86. The summed E-state index contributed by atoms with van der Waals surface area (Å²) in [6, 6.07) is 18.6. The van der Waals surface area contributed by atoms with Gasteiger partial charge in [0.2, 0.25) is 0 Å². The molecule has 0 saturated carbocycles. The third kappa shape index (κ3) is 4.75. The molecule has 0 atom stereocenters. The molecule has 3 aromatic carbocycles. The lowest BCUT2D eigenvalue weighted by Crippen LogP contribution is -2.25. The van der Waals surface area contributed by atoms with Crippen molar-refractivity contribution in [3.8, 4) is 0 Å². The fourth-order valence-electron chi connectivity index (χ4n) is 2.59. The van der Waals surface area contributed by atoms with E-state index in [-0.39, 0.29) is 16.1 Å². The van der Waals surface area contributed by atoms with Crippen LogP contribution in [-0.4, -0.2) is 14.3 Å². The van der Waals surface area contributed by atoms with Crippen molar-refractivity contribution in [3.63, 3.8) is 0 Å². The summed E-state index contributed by atoms with van der Waals surface area (Å²) < 4.78 is 40.8. The van der Waals surface area contributed by atoms with Crippen LogP contribution >= 0.6 is 0 Å². The van der Waals surface area contributed by atoms with Gasteiger partial charge >= 0.3 is 0 Å². The molecule has 0 radical (unpaired) electrons. The number of para-hydroxylation sites is 1. The molecule has 0 aliphatic heterocycles. The molecule has 0 spiro atoms. The van der Waals surface area contributed by atoms with E-state index in [2.05, 4.69) is 10.0 Å². The van der Waals surface area contributed by atoms with Gasteiger partial charge < -0.3 is 5.32 Å². The molecule has 0 fully saturated rings. The van der Waals surface area contributed by atoms with Gasteiger partial charge in [-0.05, 0) is 42.8 Å². The van der Waals surface area contributed by atoms with Crippen molar-refractivity contribution >= 4 is 21.6 Å². The summed E-state index contributed by atoms with van der Waals surface area (Å²) in [5, 5.41) is 2.78. The molecule has 0 saturated heterocycles. The first-order valence-electron chi connectivity index (χ1n) is 8.56. The second-order valence-electron chi connectivity index (χ2n) is 6.28. The Morgan fingerprint density at radius 1 is 0.964 bits per heavy atom. The molecule has 0 aromatic heterocycles. The van der Waals surface area contributed by atoms with E-state index in [1.54, 1.807) is 12.1 Å².